The van der Waals surface area contributed by atoms with Gasteiger partial charge in [0.15, 0.2) is 22.4 Å². The first-order chi connectivity index (χ1) is 27.7. The lowest BCUT2D eigenvalue weighted by atomic mass is 9.99. The summed E-state index contributed by atoms with van der Waals surface area (Å²) in [6.07, 6.45) is -2.95. The van der Waals surface area contributed by atoms with Crippen LogP contribution in [0.5, 0.6) is 0 Å². The van der Waals surface area contributed by atoms with E-state index in [1.807, 2.05) is 56.3 Å². The molecule has 1 amide bonds. The van der Waals surface area contributed by atoms with Crippen LogP contribution in [0.2, 0.25) is 41.3 Å². The molecule has 1 N–H and O–H groups in total. The summed E-state index contributed by atoms with van der Waals surface area (Å²) in [5.41, 5.74) is 0.878. The summed E-state index contributed by atoms with van der Waals surface area (Å²) >= 11 is 0. The molecular weight excluding hydrogens is 803 g/mol. The van der Waals surface area contributed by atoms with Crippen LogP contribution in [0.15, 0.2) is 91.0 Å². The molecule has 60 heavy (non-hydrogen) atoms. The summed E-state index contributed by atoms with van der Waals surface area (Å²) in [7, 11) is -7.79. The topological polar surface area (TPSA) is 95.9 Å². The average Bonchev–Trinajstić information content (AvgIpc) is 3.62. The summed E-state index contributed by atoms with van der Waals surface area (Å²) in [5, 5.41) is 13.7. The number of carbonyl (C=O) groups is 1. The molecule has 0 aliphatic carbocycles. The van der Waals surface area contributed by atoms with E-state index in [2.05, 4.69) is 137 Å². The zero-order valence-electron chi connectivity index (χ0n) is 39.2. The number of aliphatic hydroxyl groups is 1. The number of hydrogen-bond donors (Lipinski definition) is 1. The highest BCUT2D eigenvalue weighted by atomic mass is 28.4. The van der Waals surface area contributed by atoms with Gasteiger partial charge in [0.05, 0.1) is 37.5 Å². The Kier molecular flexibility index (Phi) is 14.7. The van der Waals surface area contributed by atoms with E-state index in [1.165, 1.54) is 0 Å². The fourth-order valence-corrected chi connectivity index (χ4v) is 15.1. The van der Waals surface area contributed by atoms with Crippen molar-refractivity contribution in [2.24, 2.45) is 0 Å². The largest absolute Gasteiger partial charge is 0.445 e. The Labute approximate surface area is 364 Å². The number of aliphatic hydroxyl groups excluding tert-OH is 1. The third-order valence-corrected chi connectivity index (χ3v) is 27.5. The molecule has 6 atom stereocenters. The monoisotopic (exact) mass is 877 g/mol. The van der Waals surface area contributed by atoms with Crippen molar-refractivity contribution in [1.82, 2.24) is 4.90 Å². The average molecular weight is 878 g/mol. The number of amides is 1. The first-order valence-corrected chi connectivity index (χ1v) is 29.5. The second kappa shape index (κ2) is 18.2. The van der Waals surface area contributed by atoms with Crippen LogP contribution in [0.4, 0.5) is 4.79 Å². The van der Waals surface area contributed by atoms with Gasteiger partial charge in [-0.25, -0.2) is 4.79 Å². The second-order valence-corrected chi connectivity index (χ2v) is 35.3. The molecule has 0 saturated carbocycles. The van der Waals surface area contributed by atoms with E-state index in [9.17, 15) is 5.11 Å². The molecule has 0 aromatic heterocycles. The van der Waals surface area contributed by atoms with Gasteiger partial charge in [-0.1, -0.05) is 153 Å². The van der Waals surface area contributed by atoms with Crippen molar-refractivity contribution in [1.29, 1.82) is 0 Å². The Balaban J connectivity index is 1.64. The van der Waals surface area contributed by atoms with E-state index in [4.69, 9.17) is 27.5 Å². The minimum absolute atomic E-state index is 0.0271. The van der Waals surface area contributed by atoms with Gasteiger partial charge in [-0.15, -0.1) is 0 Å². The van der Waals surface area contributed by atoms with Gasteiger partial charge in [0, 0.05) is 6.42 Å². The maximum absolute atomic E-state index is 15.0. The van der Waals surface area contributed by atoms with Crippen molar-refractivity contribution in [2.45, 2.75) is 173 Å². The minimum Gasteiger partial charge on any atom is -0.445 e. The zero-order valence-corrected chi connectivity index (χ0v) is 42.2. The van der Waals surface area contributed by atoms with Gasteiger partial charge in [0.2, 0.25) is 0 Å². The maximum Gasteiger partial charge on any atom is 0.410 e. The third kappa shape index (κ3) is 10.6. The van der Waals surface area contributed by atoms with Gasteiger partial charge in [-0.2, -0.15) is 0 Å². The van der Waals surface area contributed by atoms with Crippen molar-refractivity contribution in [3.8, 4) is 0 Å². The van der Waals surface area contributed by atoms with E-state index < -0.39 is 73.3 Å². The highest BCUT2D eigenvalue weighted by molar-refractivity contribution is 6.99. The second-order valence-electron chi connectivity index (χ2n) is 21.4. The lowest BCUT2D eigenvalue weighted by Gasteiger charge is -2.46. The Morgan fingerprint density at radius 3 is 1.68 bits per heavy atom. The number of hydrogen-bond acceptors (Lipinski definition) is 8. The third-order valence-electron chi connectivity index (χ3n) is 13.4. The highest BCUT2D eigenvalue weighted by Crippen LogP contribution is 2.47. The number of carbonyl (C=O) groups excluding carboxylic acids is 1. The van der Waals surface area contributed by atoms with E-state index in [0.29, 0.717) is 0 Å². The molecular formula is C48H75NO8Si3. The highest BCUT2D eigenvalue weighted by Gasteiger charge is 2.63. The number of fused-ring (bicyclic) bond motifs is 1. The fraction of sp³-hybridized carbons (Fsp3) is 0.604. The Bertz CT molecular complexity index is 1800. The van der Waals surface area contributed by atoms with Crippen LogP contribution in [0, 0.1) is 0 Å². The van der Waals surface area contributed by atoms with E-state index in [-0.39, 0.29) is 41.4 Å². The van der Waals surface area contributed by atoms with Crippen molar-refractivity contribution < 1.29 is 37.4 Å². The molecule has 2 aliphatic rings. The van der Waals surface area contributed by atoms with Crippen molar-refractivity contribution in [3.05, 3.63) is 96.6 Å². The van der Waals surface area contributed by atoms with Gasteiger partial charge in [-0.05, 0) is 71.1 Å². The lowest BCUT2D eigenvalue weighted by Crippen LogP contribution is -2.67. The normalized spacial score (nSPS) is 22.4. The molecule has 2 heterocycles. The zero-order chi connectivity index (χ0) is 44.5. The van der Waals surface area contributed by atoms with Crippen molar-refractivity contribution in [3.63, 3.8) is 0 Å². The molecule has 5 rings (SSSR count). The van der Waals surface area contributed by atoms with Crippen LogP contribution in [0.1, 0.15) is 88.1 Å². The van der Waals surface area contributed by atoms with E-state index in [0.717, 1.165) is 15.9 Å². The van der Waals surface area contributed by atoms with Gasteiger partial charge in [-0.3, -0.25) is 4.90 Å². The number of rotatable bonds is 15. The number of nitrogens with zero attached hydrogens (tertiary/aromatic N) is 1. The van der Waals surface area contributed by atoms with Crippen molar-refractivity contribution >= 4 is 41.4 Å². The summed E-state index contributed by atoms with van der Waals surface area (Å²) in [6, 6.07) is 29.5. The minimum atomic E-state index is -3.07. The van der Waals surface area contributed by atoms with Crippen LogP contribution in [0.3, 0.4) is 0 Å². The number of benzene rings is 3. The molecule has 3 aromatic carbocycles. The quantitative estimate of drug-likeness (QED) is 0.151. The first-order valence-electron chi connectivity index (χ1n) is 21.8. The predicted molar refractivity (Wildman–Crippen MR) is 249 cm³/mol. The Morgan fingerprint density at radius 2 is 1.20 bits per heavy atom. The Hall–Kier alpha value is -2.66. The predicted octanol–water partition coefficient (Wildman–Crippen LogP) is 9.64. The summed E-state index contributed by atoms with van der Waals surface area (Å²) < 4.78 is 41.5. The summed E-state index contributed by atoms with van der Waals surface area (Å²) in [5.74, 6) is -0.950. The summed E-state index contributed by atoms with van der Waals surface area (Å²) in [4.78, 5) is 16.8. The lowest BCUT2D eigenvalue weighted by molar-refractivity contribution is -0.173. The molecule has 2 aliphatic heterocycles. The standard InChI is InChI=1S/C48H75NO8Si3/c1-45(2,3)58(12,13)53-33-36(50)31-40(57-59(14,15)46(4,5)6)41-43-42(55-48(10,11)56-43)39(49(41)44(51)52-32-35-25-19-16-20-26-35)34-54-60(47(7,8)9,37-27-21-17-22-28-37)38-29-23-18-24-30-38/h16-30,36,39-43,50H,31-34H2,1-15H3/t36-,39+,40+,41+,42+,43-/m0/s1. The molecule has 332 valence electrons. The molecule has 0 bridgehead atoms. The molecule has 2 saturated heterocycles. The van der Waals surface area contributed by atoms with Gasteiger partial charge >= 0.3 is 6.09 Å². The van der Waals surface area contributed by atoms with Crippen molar-refractivity contribution in [2.75, 3.05) is 13.2 Å². The van der Waals surface area contributed by atoms with Crippen LogP contribution < -0.4 is 10.4 Å². The van der Waals surface area contributed by atoms with Crippen LogP contribution >= 0.6 is 0 Å². The van der Waals surface area contributed by atoms with Gasteiger partial charge < -0.3 is 32.6 Å². The van der Waals surface area contributed by atoms with Crippen LogP contribution in [0.25, 0.3) is 0 Å². The Morgan fingerprint density at radius 1 is 0.717 bits per heavy atom. The van der Waals surface area contributed by atoms with E-state index in [1.54, 1.807) is 4.90 Å². The smallest absolute Gasteiger partial charge is 0.410 e. The SMILES string of the molecule is CC1(C)O[C@@H]2[C@H](O1)[C@@H](CO[Si](c1ccccc1)(c1ccccc1)C(C)(C)C)N(C(=O)OCc1ccccc1)[C@@H]2[C@@H](C[C@H](O)CO[Si](C)(C)C(C)(C)C)O[Si](C)(C)C(C)(C)C. The van der Waals surface area contributed by atoms with Crippen LogP contribution in [-0.2, 0) is 34.1 Å². The molecule has 12 heteroatoms. The number of ether oxygens (including phenoxy) is 3. The summed E-state index contributed by atoms with van der Waals surface area (Å²) in [6.45, 7) is 33.0. The first kappa shape index (κ1) is 48.4. The molecule has 3 aromatic rings. The molecule has 0 spiro atoms. The fourth-order valence-electron chi connectivity index (χ4n) is 8.18. The van der Waals surface area contributed by atoms with Gasteiger partial charge in [0.25, 0.3) is 8.32 Å². The van der Waals surface area contributed by atoms with E-state index >= 15 is 4.79 Å². The van der Waals surface area contributed by atoms with Gasteiger partial charge in [0.1, 0.15) is 18.8 Å². The maximum atomic E-state index is 15.0. The molecule has 0 radical (unpaired) electrons. The number of likely N-dealkylation sites (tertiary alicyclic amines) is 1. The van der Waals surface area contributed by atoms with Crippen LogP contribution in [-0.4, -0.2) is 96.6 Å². The molecule has 9 nitrogen and oxygen atoms in total. The molecule has 2 fully saturated rings. The molecule has 0 unspecified atom stereocenters.